The van der Waals surface area contributed by atoms with E-state index in [-0.39, 0.29) is 0 Å². The molecule has 1 heterocycles. The van der Waals surface area contributed by atoms with E-state index in [0.29, 0.717) is 17.7 Å². The number of hydrogen-bond donors (Lipinski definition) is 1. The maximum absolute atomic E-state index is 5.89. The molecule has 0 atom stereocenters. The van der Waals surface area contributed by atoms with Gasteiger partial charge in [0.05, 0.1) is 9.26 Å². The van der Waals surface area contributed by atoms with Crippen LogP contribution in [0.3, 0.4) is 0 Å². The number of nitrogens with zero attached hydrogens (tertiary/aromatic N) is 2. The second kappa shape index (κ2) is 3.05. The van der Waals surface area contributed by atoms with E-state index >= 15 is 0 Å². The lowest BCUT2D eigenvalue weighted by molar-refractivity contribution is 0.869. The number of aromatic nitrogens is 2. The van der Waals surface area contributed by atoms with Gasteiger partial charge in [0.2, 0.25) is 0 Å². The first kappa shape index (κ1) is 8.88. The van der Waals surface area contributed by atoms with Gasteiger partial charge in [-0.15, -0.1) is 0 Å². The third-order valence-electron chi connectivity index (χ3n) is 2.83. The minimum Gasteiger partial charge on any atom is -0.383 e. The zero-order valence-electron chi connectivity index (χ0n) is 7.83. The van der Waals surface area contributed by atoms with Crippen molar-refractivity contribution in [2.24, 2.45) is 0 Å². The highest BCUT2D eigenvalue weighted by molar-refractivity contribution is 14.1. The van der Waals surface area contributed by atoms with Gasteiger partial charge in [-0.1, -0.05) is 0 Å². The molecule has 2 N–H and O–H groups in total. The van der Waals surface area contributed by atoms with Crippen molar-refractivity contribution in [3.63, 3.8) is 0 Å². The van der Waals surface area contributed by atoms with E-state index in [9.17, 15) is 0 Å². The van der Waals surface area contributed by atoms with Gasteiger partial charge < -0.3 is 5.73 Å². The summed E-state index contributed by atoms with van der Waals surface area (Å²) in [6.07, 6.45) is 5.03. The van der Waals surface area contributed by atoms with Gasteiger partial charge >= 0.3 is 0 Å². The van der Waals surface area contributed by atoms with Crippen LogP contribution in [0, 0.1) is 3.57 Å². The molecule has 3 nitrogen and oxygen atoms in total. The number of rotatable bonds is 2. The molecule has 0 aromatic carbocycles. The Morgan fingerprint density at radius 2 is 1.71 bits per heavy atom. The van der Waals surface area contributed by atoms with Gasteiger partial charge in [-0.3, -0.25) is 0 Å². The lowest BCUT2D eigenvalue weighted by Gasteiger charge is -2.07. The molecule has 2 saturated carbocycles. The van der Waals surface area contributed by atoms with Gasteiger partial charge in [0.15, 0.2) is 0 Å². The fourth-order valence-corrected chi connectivity index (χ4v) is 2.33. The van der Waals surface area contributed by atoms with Crippen LogP contribution < -0.4 is 5.73 Å². The van der Waals surface area contributed by atoms with Crippen molar-refractivity contribution in [2.45, 2.75) is 37.5 Å². The highest BCUT2D eigenvalue weighted by Crippen LogP contribution is 2.44. The molecule has 1 aromatic heterocycles. The molecule has 0 unspecified atom stereocenters. The Hall–Kier alpha value is -0.390. The van der Waals surface area contributed by atoms with E-state index in [2.05, 4.69) is 32.6 Å². The minimum absolute atomic E-state index is 0.604. The van der Waals surface area contributed by atoms with Crippen LogP contribution in [0.4, 0.5) is 5.82 Å². The molecule has 0 saturated heterocycles. The van der Waals surface area contributed by atoms with E-state index in [1.807, 2.05) is 0 Å². The van der Waals surface area contributed by atoms with E-state index in [0.717, 1.165) is 9.39 Å². The van der Waals surface area contributed by atoms with Crippen molar-refractivity contribution in [3.8, 4) is 0 Å². The topological polar surface area (TPSA) is 51.8 Å². The Labute approximate surface area is 96.7 Å². The lowest BCUT2D eigenvalue weighted by Crippen LogP contribution is -2.05. The Morgan fingerprint density at radius 3 is 2.29 bits per heavy atom. The van der Waals surface area contributed by atoms with Crippen LogP contribution in [0.2, 0.25) is 0 Å². The molecule has 0 radical (unpaired) electrons. The Balaban J connectivity index is 2.06. The van der Waals surface area contributed by atoms with Crippen LogP contribution in [0.15, 0.2) is 0 Å². The van der Waals surface area contributed by atoms with Crippen LogP contribution in [0.1, 0.15) is 49.0 Å². The van der Waals surface area contributed by atoms with Crippen molar-refractivity contribution in [1.82, 2.24) is 9.97 Å². The molecule has 14 heavy (non-hydrogen) atoms. The molecule has 2 aliphatic rings. The van der Waals surface area contributed by atoms with E-state index in [1.165, 1.54) is 31.4 Å². The van der Waals surface area contributed by atoms with Gasteiger partial charge in [0.1, 0.15) is 11.6 Å². The van der Waals surface area contributed by atoms with Gasteiger partial charge in [0, 0.05) is 11.8 Å². The van der Waals surface area contributed by atoms with E-state index in [1.54, 1.807) is 0 Å². The predicted octanol–water partition coefficient (Wildman–Crippen LogP) is 2.42. The summed E-state index contributed by atoms with van der Waals surface area (Å²) in [7, 11) is 0. The summed E-state index contributed by atoms with van der Waals surface area (Å²) in [5.41, 5.74) is 7.10. The summed E-state index contributed by atoms with van der Waals surface area (Å²) in [5.74, 6) is 2.95. The zero-order chi connectivity index (χ0) is 9.71. The quantitative estimate of drug-likeness (QED) is 0.854. The molecule has 1 aromatic rings. The Bertz CT molecular complexity index is 383. The van der Waals surface area contributed by atoms with Crippen molar-refractivity contribution in [1.29, 1.82) is 0 Å². The van der Waals surface area contributed by atoms with Gasteiger partial charge in [-0.05, 0) is 48.3 Å². The maximum atomic E-state index is 5.89. The number of halogens is 1. The summed E-state index contributed by atoms with van der Waals surface area (Å²) < 4.78 is 1.08. The fourth-order valence-electron chi connectivity index (χ4n) is 1.65. The Morgan fingerprint density at radius 1 is 1.07 bits per heavy atom. The molecule has 0 amide bonds. The summed E-state index contributed by atoms with van der Waals surface area (Å²) in [6.45, 7) is 0. The molecular weight excluding hydrogens is 289 g/mol. The van der Waals surface area contributed by atoms with Crippen LogP contribution >= 0.6 is 22.6 Å². The number of anilines is 1. The first-order chi connectivity index (χ1) is 6.75. The normalized spacial score (nSPS) is 21.2. The predicted molar refractivity (Wildman–Crippen MR) is 63.1 cm³/mol. The second-order valence-electron chi connectivity index (χ2n) is 4.21. The molecule has 2 aliphatic carbocycles. The van der Waals surface area contributed by atoms with E-state index < -0.39 is 0 Å². The summed E-state index contributed by atoms with van der Waals surface area (Å²) in [6, 6.07) is 0. The molecule has 2 fully saturated rings. The van der Waals surface area contributed by atoms with Crippen molar-refractivity contribution < 1.29 is 0 Å². The molecule has 74 valence electrons. The van der Waals surface area contributed by atoms with Gasteiger partial charge in [0.25, 0.3) is 0 Å². The average molecular weight is 301 g/mol. The smallest absolute Gasteiger partial charge is 0.140 e. The van der Waals surface area contributed by atoms with Crippen LogP contribution in [0.25, 0.3) is 0 Å². The lowest BCUT2D eigenvalue weighted by atomic mass is 10.2. The molecular formula is C10H12IN3. The first-order valence-corrected chi connectivity index (χ1v) is 6.16. The van der Waals surface area contributed by atoms with Gasteiger partial charge in [-0.2, -0.15) is 0 Å². The fraction of sp³-hybridized carbons (Fsp3) is 0.600. The monoisotopic (exact) mass is 301 g/mol. The highest BCUT2D eigenvalue weighted by Gasteiger charge is 2.32. The largest absolute Gasteiger partial charge is 0.383 e. The minimum atomic E-state index is 0.604. The highest BCUT2D eigenvalue weighted by atomic mass is 127. The maximum Gasteiger partial charge on any atom is 0.140 e. The van der Waals surface area contributed by atoms with Crippen LogP contribution in [-0.4, -0.2) is 9.97 Å². The third kappa shape index (κ3) is 1.49. The summed E-state index contributed by atoms with van der Waals surface area (Å²) in [4.78, 5) is 9.02. The first-order valence-electron chi connectivity index (χ1n) is 5.08. The molecule has 0 bridgehead atoms. The molecule has 3 rings (SSSR count). The van der Waals surface area contributed by atoms with E-state index in [4.69, 9.17) is 5.73 Å². The SMILES string of the molecule is Nc1nc(C2CC2)nc(C2CC2)c1I. The van der Waals surface area contributed by atoms with Crippen molar-refractivity contribution in [2.75, 3.05) is 5.73 Å². The average Bonchev–Trinajstić information content (AvgIpc) is 3.04. The summed E-state index contributed by atoms with van der Waals surface area (Å²) >= 11 is 2.27. The van der Waals surface area contributed by atoms with Crippen LogP contribution in [0.5, 0.6) is 0 Å². The summed E-state index contributed by atoms with van der Waals surface area (Å²) in [5, 5.41) is 0. The van der Waals surface area contributed by atoms with Crippen molar-refractivity contribution >= 4 is 28.4 Å². The van der Waals surface area contributed by atoms with Crippen LogP contribution in [-0.2, 0) is 0 Å². The Kier molecular flexibility index (Phi) is 1.93. The number of nitrogen functional groups attached to an aromatic ring is 1. The third-order valence-corrected chi connectivity index (χ3v) is 3.93. The molecule has 4 heteroatoms. The standard InChI is InChI=1S/C10H12IN3/c11-7-8(5-1-2-5)13-10(6-3-4-6)14-9(7)12/h5-6H,1-4H2,(H2,12,13,14). The van der Waals surface area contributed by atoms with Gasteiger partial charge in [-0.25, -0.2) is 9.97 Å². The number of hydrogen-bond acceptors (Lipinski definition) is 3. The molecule has 0 spiro atoms. The molecule has 0 aliphatic heterocycles. The van der Waals surface area contributed by atoms with Crippen molar-refractivity contribution in [3.05, 3.63) is 15.1 Å². The number of nitrogens with two attached hydrogens (primary N) is 1. The zero-order valence-corrected chi connectivity index (χ0v) is 9.99. The second-order valence-corrected chi connectivity index (χ2v) is 5.29.